The number of nitriles is 1. The Labute approximate surface area is 186 Å². The highest BCUT2D eigenvalue weighted by molar-refractivity contribution is 5.90. The molecule has 32 heavy (non-hydrogen) atoms. The number of nitrogens with zero attached hydrogens (tertiary/aromatic N) is 4. The van der Waals surface area contributed by atoms with Crippen LogP contribution in [0.2, 0.25) is 0 Å². The Balaban J connectivity index is 1.82. The van der Waals surface area contributed by atoms with Crippen LogP contribution in [0.4, 0.5) is 16.3 Å². The van der Waals surface area contributed by atoms with Gasteiger partial charge in [0.1, 0.15) is 0 Å². The summed E-state index contributed by atoms with van der Waals surface area (Å²) in [5, 5.41) is 18.1. The number of aromatic nitrogens is 3. The predicted molar refractivity (Wildman–Crippen MR) is 127 cm³/mol. The van der Waals surface area contributed by atoms with Crippen LogP contribution in [0.3, 0.4) is 0 Å². The molecule has 3 N–H and O–H groups in total. The smallest absolute Gasteiger partial charge is 0.318 e. The van der Waals surface area contributed by atoms with Gasteiger partial charge >= 0.3 is 6.03 Å². The van der Waals surface area contributed by atoms with Gasteiger partial charge in [0.2, 0.25) is 0 Å². The molecule has 0 saturated heterocycles. The number of amides is 2. The van der Waals surface area contributed by atoms with Gasteiger partial charge in [0.25, 0.3) is 0 Å². The molecule has 0 aliphatic rings. The first-order valence-corrected chi connectivity index (χ1v) is 10.5. The van der Waals surface area contributed by atoms with Crippen molar-refractivity contribution in [2.24, 2.45) is 5.92 Å². The quantitative estimate of drug-likeness (QED) is 0.416. The van der Waals surface area contributed by atoms with E-state index in [0.29, 0.717) is 23.0 Å². The highest BCUT2D eigenvalue weighted by Gasteiger charge is 2.15. The first-order chi connectivity index (χ1) is 15.5. The third kappa shape index (κ3) is 4.18. The van der Waals surface area contributed by atoms with Crippen molar-refractivity contribution in [3.8, 4) is 17.3 Å². The van der Waals surface area contributed by atoms with Crippen LogP contribution in [-0.4, -0.2) is 34.0 Å². The number of fused-ring (bicyclic) bond motifs is 3. The molecule has 0 aliphatic heterocycles. The summed E-state index contributed by atoms with van der Waals surface area (Å²) in [4.78, 5) is 21.0. The zero-order valence-corrected chi connectivity index (χ0v) is 18.3. The molecule has 2 heterocycles. The SMILES string of the molecule is CNC(=O)Nc1ccc(-c2cnc3c(NCCC(C)C)nc4cc(C#N)ccc4n23)cc1. The molecule has 2 aromatic carbocycles. The van der Waals surface area contributed by atoms with Gasteiger partial charge in [-0.1, -0.05) is 26.0 Å². The molecule has 8 nitrogen and oxygen atoms in total. The Morgan fingerprint density at radius 1 is 1.19 bits per heavy atom. The van der Waals surface area contributed by atoms with Gasteiger partial charge in [0, 0.05) is 24.8 Å². The monoisotopic (exact) mass is 427 g/mol. The van der Waals surface area contributed by atoms with Crippen LogP contribution in [-0.2, 0) is 0 Å². The van der Waals surface area contributed by atoms with Crippen molar-refractivity contribution in [1.29, 1.82) is 5.26 Å². The lowest BCUT2D eigenvalue weighted by atomic mass is 10.1. The molecule has 4 rings (SSSR count). The van der Waals surface area contributed by atoms with Crippen molar-refractivity contribution in [3.63, 3.8) is 0 Å². The highest BCUT2D eigenvalue weighted by Crippen LogP contribution is 2.29. The zero-order valence-electron chi connectivity index (χ0n) is 18.3. The maximum atomic E-state index is 11.6. The molecule has 0 saturated carbocycles. The molecular formula is C24H25N7O. The van der Waals surface area contributed by atoms with Crippen molar-refractivity contribution in [1.82, 2.24) is 19.7 Å². The second-order valence-corrected chi connectivity index (χ2v) is 7.97. The molecule has 0 bridgehead atoms. The van der Waals surface area contributed by atoms with Crippen molar-refractivity contribution in [2.75, 3.05) is 24.2 Å². The summed E-state index contributed by atoms with van der Waals surface area (Å²) in [7, 11) is 1.58. The van der Waals surface area contributed by atoms with Gasteiger partial charge in [-0.3, -0.25) is 4.40 Å². The lowest BCUT2D eigenvalue weighted by molar-refractivity contribution is 0.254. The minimum Gasteiger partial charge on any atom is -0.367 e. The third-order valence-corrected chi connectivity index (χ3v) is 5.23. The number of imidazole rings is 1. The Morgan fingerprint density at radius 2 is 1.97 bits per heavy atom. The lowest BCUT2D eigenvalue weighted by Crippen LogP contribution is -2.24. The number of hydrogen-bond acceptors (Lipinski definition) is 5. The molecule has 0 spiro atoms. The van der Waals surface area contributed by atoms with Gasteiger partial charge in [-0.15, -0.1) is 0 Å². The van der Waals surface area contributed by atoms with E-state index in [1.807, 2.05) is 36.5 Å². The third-order valence-electron chi connectivity index (χ3n) is 5.23. The van der Waals surface area contributed by atoms with Crippen LogP contribution >= 0.6 is 0 Å². The number of nitrogens with one attached hydrogen (secondary N) is 3. The van der Waals surface area contributed by atoms with Crippen molar-refractivity contribution < 1.29 is 4.79 Å². The van der Waals surface area contributed by atoms with Crippen molar-refractivity contribution in [2.45, 2.75) is 20.3 Å². The van der Waals surface area contributed by atoms with Crippen LogP contribution in [0.1, 0.15) is 25.8 Å². The highest BCUT2D eigenvalue weighted by atomic mass is 16.2. The van der Waals surface area contributed by atoms with Crippen molar-refractivity contribution in [3.05, 3.63) is 54.2 Å². The van der Waals surface area contributed by atoms with E-state index in [1.165, 1.54) is 0 Å². The van der Waals surface area contributed by atoms with Crippen LogP contribution in [0.5, 0.6) is 0 Å². The van der Waals surface area contributed by atoms with Gasteiger partial charge in [-0.25, -0.2) is 14.8 Å². The van der Waals surface area contributed by atoms with E-state index in [1.54, 1.807) is 19.2 Å². The summed E-state index contributed by atoms with van der Waals surface area (Å²) in [6.45, 7) is 5.15. The molecule has 162 valence electrons. The number of benzene rings is 2. The summed E-state index contributed by atoms with van der Waals surface area (Å²) in [5.74, 6) is 1.26. The first-order valence-electron chi connectivity index (χ1n) is 10.5. The average Bonchev–Trinajstić information content (AvgIpc) is 3.24. The number of carbonyl (C=O) groups excluding carboxylic acids is 1. The normalized spacial score (nSPS) is 11.0. The molecule has 4 aromatic rings. The molecule has 2 amide bonds. The first kappa shape index (κ1) is 21.1. The fraction of sp³-hybridized carbons (Fsp3) is 0.250. The van der Waals surface area contributed by atoms with E-state index in [9.17, 15) is 10.1 Å². The van der Waals surface area contributed by atoms with Crippen LogP contribution in [0, 0.1) is 17.2 Å². The average molecular weight is 428 g/mol. The summed E-state index contributed by atoms with van der Waals surface area (Å²) < 4.78 is 2.06. The Bertz CT molecular complexity index is 1320. The maximum absolute atomic E-state index is 11.6. The second kappa shape index (κ2) is 8.94. The topological polar surface area (TPSA) is 107 Å². The summed E-state index contributed by atoms with van der Waals surface area (Å²) in [5.41, 5.74) is 5.43. The summed E-state index contributed by atoms with van der Waals surface area (Å²) >= 11 is 0. The van der Waals surface area contributed by atoms with Crippen LogP contribution in [0.15, 0.2) is 48.7 Å². The van der Waals surface area contributed by atoms with Gasteiger partial charge in [-0.05, 0) is 42.7 Å². The molecule has 0 atom stereocenters. The summed E-state index contributed by atoms with van der Waals surface area (Å²) in [6.07, 6.45) is 2.83. The number of anilines is 2. The van der Waals surface area contributed by atoms with Gasteiger partial charge in [0.15, 0.2) is 11.5 Å². The fourth-order valence-electron chi connectivity index (χ4n) is 3.52. The van der Waals surface area contributed by atoms with Gasteiger partial charge in [0.05, 0.1) is 34.6 Å². The molecule has 0 unspecified atom stereocenters. The minimum absolute atomic E-state index is 0.268. The minimum atomic E-state index is -0.268. The van der Waals surface area contributed by atoms with Crippen LogP contribution in [0.25, 0.3) is 27.9 Å². The molecular weight excluding hydrogens is 402 g/mol. The van der Waals surface area contributed by atoms with Gasteiger partial charge < -0.3 is 16.0 Å². The fourth-order valence-corrected chi connectivity index (χ4v) is 3.52. The van der Waals surface area contributed by atoms with Crippen LogP contribution < -0.4 is 16.0 Å². The molecule has 0 aliphatic carbocycles. The Morgan fingerprint density at radius 3 is 2.66 bits per heavy atom. The number of urea groups is 1. The van der Waals surface area contributed by atoms with E-state index in [4.69, 9.17) is 4.98 Å². The largest absolute Gasteiger partial charge is 0.367 e. The second-order valence-electron chi connectivity index (χ2n) is 7.97. The predicted octanol–water partition coefficient (Wildman–Crippen LogP) is 4.63. The number of rotatable bonds is 6. The van der Waals surface area contributed by atoms with Crippen molar-refractivity contribution >= 4 is 34.2 Å². The van der Waals surface area contributed by atoms with E-state index < -0.39 is 0 Å². The Hall–Kier alpha value is -4.12. The van der Waals surface area contributed by atoms with E-state index in [2.05, 4.69) is 45.3 Å². The zero-order chi connectivity index (χ0) is 22.7. The Kier molecular flexibility index (Phi) is 5.90. The molecule has 2 aromatic heterocycles. The maximum Gasteiger partial charge on any atom is 0.318 e. The standard InChI is InChI=1S/C24H25N7O/c1-15(2)10-11-27-22-23-28-14-21(17-5-7-18(8-6-17)29-24(32)26-3)31(23)20-9-4-16(13-25)12-19(20)30-22/h4-9,12,14-15H,10-11H2,1-3H3,(H,27,30)(H2,26,29,32). The summed E-state index contributed by atoms with van der Waals surface area (Å²) in [6, 6.07) is 15.0. The molecule has 0 radical (unpaired) electrons. The molecule has 0 fully saturated rings. The molecule has 8 heteroatoms. The van der Waals surface area contributed by atoms with E-state index in [-0.39, 0.29) is 6.03 Å². The van der Waals surface area contributed by atoms with E-state index in [0.717, 1.165) is 40.9 Å². The lowest BCUT2D eigenvalue weighted by Gasteiger charge is -2.13. The van der Waals surface area contributed by atoms with E-state index >= 15 is 0 Å². The number of hydrogen-bond donors (Lipinski definition) is 3. The number of carbonyl (C=O) groups is 1. The van der Waals surface area contributed by atoms with Gasteiger partial charge in [-0.2, -0.15) is 5.26 Å².